The number of halogens is 26. The van der Waals surface area contributed by atoms with Crippen LogP contribution in [0.4, 0.5) is 114 Å². The lowest BCUT2D eigenvalue weighted by Crippen LogP contribution is -2.77. The molecule has 0 spiro atoms. The number of nitrogens with zero attached hydrogens (tertiary/aromatic N) is 1. The maximum Gasteiger partial charge on any atom is 0.460 e. The highest BCUT2D eigenvalue weighted by Crippen LogP contribution is 2.61. The van der Waals surface area contributed by atoms with E-state index in [4.69, 9.17) is 5.11 Å². The number of alkyl halides is 26. The standard InChI is InChI=1S/C12HF26NO2/c13-1(14,7(25,26)27)4(19,20)10(34,35)39(12(38,40)6(23,24)3(17,18)9(31,32)33)41-11(36,37)5(21,22)2(15,16)8(28,29)30/h40H. The quantitative estimate of drug-likeness (QED) is 0.112. The minimum absolute atomic E-state index is 0.936. The van der Waals surface area contributed by atoms with E-state index in [1.54, 1.807) is 0 Å². The fourth-order valence-corrected chi connectivity index (χ4v) is 1.84. The smallest absolute Gasteiger partial charge is 0.343 e. The average molecular weight is 685 g/mol. The van der Waals surface area contributed by atoms with Crippen LogP contribution >= 0.6 is 0 Å². The van der Waals surface area contributed by atoms with E-state index in [1.165, 1.54) is 0 Å². The van der Waals surface area contributed by atoms with Crippen LogP contribution in [0, 0.1) is 0 Å². The van der Waals surface area contributed by atoms with Gasteiger partial charge in [0.1, 0.15) is 0 Å². The van der Waals surface area contributed by atoms with Crippen molar-refractivity contribution in [3.05, 3.63) is 0 Å². The second-order valence-corrected chi connectivity index (χ2v) is 6.97. The van der Waals surface area contributed by atoms with Crippen molar-refractivity contribution in [1.29, 1.82) is 0 Å². The van der Waals surface area contributed by atoms with Gasteiger partial charge in [0.05, 0.1) is 0 Å². The molecule has 0 radical (unpaired) electrons. The lowest BCUT2D eigenvalue weighted by atomic mass is 10.0. The first kappa shape index (κ1) is 39.1. The summed E-state index contributed by atoms with van der Waals surface area (Å²) in [5.41, 5.74) is 0. The van der Waals surface area contributed by atoms with Crippen molar-refractivity contribution in [2.45, 2.75) is 72.2 Å². The van der Waals surface area contributed by atoms with Crippen LogP contribution in [0.1, 0.15) is 0 Å². The third-order valence-corrected chi connectivity index (χ3v) is 4.12. The molecular weight excluding hydrogens is 684 g/mol. The van der Waals surface area contributed by atoms with Gasteiger partial charge in [-0.05, 0) is 5.06 Å². The predicted molar refractivity (Wildman–Crippen MR) is 66.7 cm³/mol. The molecule has 29 heteroatoms. The van der Waals surface area contributed by atoms with Crippen LogP contribution in [0.5, 0.6) is 0 Å². The van der Waals surface area contributed by atoms with Crippen LogP contribution in [0.3, 0.4) is 0 Å². The van der Waals surface area contributed by atoms with Gasteiger partial charge in [-0.2, -0.15) is 114 Å². The fraction of sp³-hybridized carbons (Fsp3) is 1.00. The average Bonchev–Trinajstić information content (AvgIpc) is 2.68. The number of hydrogen-bond donors (Lipinski definition) is 1. The Bertz CT molecular complexity index is 888. The van der Waals surface area contributed by atoms with Crippen LogP contribution in [0.2, 0.25) is 0 Å². The van der Waals surface area contributed by atoms with Crippen molar-refractivity contribution in [2.24, 2.45) is 0 Å². The molecule has 0 fully saturated rings. The third kappa shape index (κ3) is 5.36. The molecule has 0 aromatic carbocycles. The molecule has 248 valence electrons. The van der Waals surface area contributed by atoms with Gasteiger partial charge < -0.3 is 5.11 Å². The summed E-state index contributed by atoms with van der Waals surface area (Å²) in [6.07, 6.45) is -33.5. The van der Waals surface area contributed by atoms with E-state index in [1.807, 2.05) is 0 Å². The van der Waals surface area contributed by atoms with E-state index >= 15 is 0 Å². The lowest BCUT2D eigenvalue weighted by Gasteiger charge is -2.46. The monoisotopic (exact) mass is 685 g/mol. The van der Waals surface area contributed by atoms with Crippen LogP contribution in [-0.4, -0.2) is 82.4 Å². The Labute approximate surface area is 203 Å². The topological polar surface area (TPSA) is 32.7 Å². The molecule has 0 heterocycles. The van der Waals surface area contributed by atoms with Gasteiger partial charge in [0, 0.05) is 0 Å². The molecule has 0 amide bonds. The van der Waals surface area contributed by atoms with Gasteiger partial charge in [-0.15, -0.1) is 0 Å². The highest BCUT2D eigenvalue weighted by atomic mass is 19.4. The molecule has 1 atom stereocenters. The molecule has 3 nitrogen and oxygen atoms in total. The normalized spacial score (nSPS) is 18.1. The first-order valence-electron chi connectivity index (χ1n) is 8.22. The second-order valence-electron chi connectivity index (χ2n) is 6.97. The Kier molecular flexibility index (Phi) is 9.08. The summed E-state index contributed by atoms with van der Waals surface area (Å²) in [4.78, 5) is 0.936. The zero-order valence-electron chi connectivity index (χ0n) is 17.1. The largest absolute Gasteiger partial charge is 0.460 e. The first-order chi connectivity index (χ1) is 17.1. The van der Waals surface area contributed by atoms with Crippen molar-refractivity contribution in [3.8, 4) is 0 Å². The Balaban J connectivity index is 7.83. The zero-order chi connectivity index (χ0) is 34.3. The van der Waals surface area contributed by atoms with Crippen LogP contribution in [0.15, 0.2) is 0 Å². The van der Waals surface area contributed by atoms with E-state index in [2.05, 4.69) is 0 Å². The minimum atomic E-state index is -9.27. The molecule has 1 N–H and O–H groups in total. The molecular formula is C12HF26NO2. The molecule has 0 rings (SSSR count). The Hall–Kier alpha value is -1.94. The van der Waals surface area contributed by atoms with Gasteiger partial charge in [0.2, 0.25) is 0 Å². The fourth-order valence-electron chi connectivity index (χ4n) is 1.84. The van der Waals surface area contributed by atoms with Crippen molar-refractivity contribution < 1.29 is 124 Å². The summed E-state index contributed by atoms with van der Waals surface area (Å²) >= 11 is 0. The van der Waals surface area contributed by atoms with E-state index < -0.39 is 77.3 Å². The molecule has 0 aromatic heterocycles. The second kappa shape index (κ2) is 9.53. The number of rotatable bonds is 10. The third-order valence-electron chi connectivity index (χ3n) is 4.12. The van der Waals surface area contributed by atoms with E-state index in [0.717, 1.165) is 4.84 Å². The minimum Gasteiger partial charge on any atom is -0.343 e. The van der Waals surface area contributed by atoms with Crippen LogP contribution in [-0.2, 0) is 4.84 Å². The van der Waals surface area contributed by atoms with Gasteiger partial charge in [-0.1, -0.05) is 0 Å². The van der Waals surface area contributed by atoms with Gasteiger partial charge in [-0.25, -0.2) is 4.84 Å². The van der Waals surface area contributed by atoms with E-state index in [9.17, 15) is 114 Å². The zero-order valence-corrected chi connectivity index (χ0v) is 17.1. The Morgan fingerprint density at radius 2 is 0.585 bits per heavy atom. The number of hydrogen-bond acceptors (Lipinski definition) is 3. The summed E-state index contributed by atoms with van der Waals surface area (Å²) in [5, 5.41) is 3.10. The van der Waals surface area contributed by atoms with Crippen LogP contribution < -0.4 is 0 Å². The maximum atomic E-state index is 14.0. The molecule has 0 aliphatic heterocycles. The molecule has 0 saturated carbocycles. The summed E-state index contributed by atoms with van der Waals surface area (Å²) in [6.45, 7) is 0. The maximum absolute atomic E-state index is 14.0. The van der Waals surface area contributed by atoms with Crippen molar-refractivity contribution in [1.82, 2.24) is 5.06 Å². The van der Waals surface area contributed by atoms with Crippen LogP contribution in [0.25, 0.3) is 0 Å². The highest BCUT2D eigenvalue weighted by Gasteiger charge is 2.92. The highest BCUT2D eigenvalue weighted by molar-refractivity contribution is 5.05. The summed E-state index contributed by atoms with van der Waals surface area (Å²) in [6, 6.07) is -9.27. The SMILES string of the molecule is OC(F)(N(OC(F)(F)C(F)(F)C(F)(F)C(F)(F)F)C(F)(F)C(F)(F)C(F)(F)C(F)(F)F)C(F)(F)C(F)(F)C(F)(F)F. The van der Waals surface area contributed by atoms with Crippen molar-refractivity contribution in [2.75, 3.05) is 0 Å². The molecule has 0 saturated heterocycles. The molecule has 1 unspecified atom stereocenters. The molecule has 41 heavy (non-hydrogen) atoms. The summed E-state index contributed by atoms with van der Waals surface area (Å²) in [5.74, 6) is -61.9. The van der Waals surface area contributed by atoms with Crippen molar-refractivity contribution >= 4 is 0 Å². The molecule has 0 bridgehead atoms. The van der Waals surface area contributed by atoms with Gasteiger partial charge in [0.15, 0.2) is 0 Å². The Morgan fingerprint density at radius 1 is 0.341 bits per heavy atom. The molecule has 0 aliphatic rings. The molecule has 0 aromatic rings. The van der Waals surface area contributed by atoms with Gasteiger partial charge in [-0.3, -0.25) is 0 Å². The summed E-state index contributed by atoms with van der Waals surface area (Å²) in [7, 11) is 0. The van der Waals surface area contributed by atoms with Gasteiger partial charge >= 0.3 is 72.2 Å². The predicted octanol–water partition coefficient (Wildman–Crippen LogP) is 7.52. The lowest BCUT2D eigenvalue weighted by molar-refractivity contribution is -0.589. The van der Waals surface area contributed by atoms with Gasteiger partial charge in [0.25, 0.3) is 0 Å². The van der Waals surface area contributed by atoms with Crippen molar-refractivity contribution in [3.63, 3.8) is 0 Å². The number of aliphatic hydroxyl groups is 1. The van der Waals surface area contributed by atoms with E-state index in [-0.39, 0.29) is 0 Å². The molecule has 0 aliphatic carbocycles. The number of hydroxylamine groups is 2. The van der Waals surface area contributed by atoms with E-state index in [0.29, 0.717) is 0 Å². The summed E-state index contributed by atoms with van der Waals surface area (Å²) < 4.78 is 335. The Morgan fingerprint density at radius 3 is 0.854 bits per heavy atom. The first-order valence-corrected chi connectivity index (χ1v) is 8.22.